The predicted molar refractivity (Wildman–Crippen MR) is 79.2 cm³/mol. The number of nitrogens with zero attached hydrogens (tertiary/aromatic N) is 2. The Kier molecular flexibility index (Phi) is 8.18. The van der Waals surface area contributed by atoms with Crippen molar-refractivity contribution in [3.8, 4) is 0 Å². The second-order valence-corrected chi connectivity index (χ2v) is 6.39. The summed E-state index contributed by atoms with van der Waals surface area (Å²) in [6, 6.07) is 0. The van der Waals surface area contributed by atoms with E-state index in [1.807, 2.05) is 0 Å². The molecule has 3 nitrogen and oxygen atoms in total. The topological polar surface area (TPSA) is 37.8 Å². The highest BCUT2D eigenvalue weighted by Crippen LogP contribution is 2.14. The molecule has 0 unspecified atom stereocenters. The fourth-order valence-corrected chi connectivity index (χ4v) is 2.70. The van der Waals surface area contributed by atoms with Crippen molar-refractivity contribution in [1.82, 2.24) is 15.5 Å². The third kappa shape index (κ3) is 7.07. The van der Waals surface area contributed by atoms with E-state index in [4.69, 9.17) is 0 Å². The van der Waals surface area contributed by atoms with Crippen LogP contribution >= 0.6 is 11.3 Å². The molecule has 104 valence electrons. The molecule has 1 aromatic rings. The molecule has 1 aromatic heterocycles. The maximum Gasteiger partial charge on any atom is 0.117 e. The number of rotatable bonds is 10. The van der Waals surface area contributed by atoms with E-state index in [1.165, 1.54) is 29.3 Å². The van der Waals surface area contributed by atoms with E-state index in [9.17, 15) is 0 Å². The number of hydrogen-bond acceptors (Lipinski definition) is 4. The molecule has 0 bridgehead atoms. The summed E-state index contributed by atoms with van der Waals surface area (Å²) in [6.07, 6.45) is 7.16. The molecule has 1 rings (SSSR count). The van der Waals surface area contributed by atoms with Crippen molar-refractivity contribution in [2.75, 3.05) is 13.1 Å². The van der Waals surface area contributed by atoms with Gasteiger partial charge in [0.15, 0.2) is 0 Å². The van der Waals surface area contributed by atoms with Crippen LogP contribution in [0.3, 0.4) is 0 Å². The van der Waals surface area contributed by atoms with Gasteiger partial charge in [-0.2, -0.15) is 0 Å². The van der Waals surface area contributed by atoms with Crippen LogP contribution in [0.1, 0.15) is 56.5 Å². The number of unbranched alkanes of at least 4 members (excludes halogenated alkanes) is 2. The standard InChI is InChI=1S/C14H27N3S/c1-4-5-6-8-13-16-17-14(18-13)9-7-10-15-11-12(2)3/h12,15H,4-11H2,1-3H3. The maximum absolute atomic E-state index is 4.27. The summed E-state index contributed by atoms with van der Waals surface area (Å²) < 4.78 is 0. The zero-order valence-corrected chi connectivity index (χ0v) is 12.9. The summed E-state index contributed by atoms with van der Waals surface area (Å²) in [6.45, 7) is 8.90. The molecule has 0 radical (unpaired) electrons. The summed E-state index contributed by atoms with van der Waals surface area (Å²) in [4.78, 5) is 0. The second-order valence-electron chi connectivity index (χ2n) is 5.25. The second kappa shape index (κ2) is 9.45. The van der Waals surface area contributed by atoms with Crippen LogP contribution in [-0.2, 0) is 12.8 Å². The molecule has 0 aromatic carbocycles. The molecule has 0 aliphatic carbocycles. The molecule has 18 heavy (non-hydrogen) atoms. The third-order valence-electron chi connectivity index (χ3n) is 2.80. The van der Waals surface area contributed by atoms with Crippen molar-refractivity contribution >= 4 is 11.3 Å². The lowest BCUT2D eigenvalue weighted by molar-refractivity contribution is 0.542. The van der Waals surface area contributed by atoms with Crippen molar-refractivity contribution in [3.05, 3.63) is 10.0 Å². The lowest BCUT2D eigenvalue weighted by Gasteiger charge is -2.05. The Morgan fingerprint density at radius 3 is 2.33 bits per heavy atom. The SMILES string of the molecule is CCCCCc1nnc(CCCNCC(C)C)s1. The van der Waals surface area contributed by atoms with Crippen LogP contribution in [-0.4, -0.2) is 23.3 Å². The Hall–Kier alpha value is -0.480. The van der Waals surface area contributed by atoms with E-state index in [2.05, 4.69) is 36.3 Å². The number of hydrogen-bond donors (Lipinski definition) is 1. The lowest BCUT2D eigenvalue weighted by Crippen LogP contribution is -2.21. The highest BCUT2D eigenvalue weighted by molar-refractivity contribution is 7.11. The van der Waals surface area contributed by atoms with Gasteiger partial charge in [-0.15, -0.1) is 21.5 Å². The molecule has 0 spiro atoms. The van der Waals surface area contributed by atoms with Gasteiger partial charge < -0.3 is 5.32 Å². The van der Waals surface area contributed by atoms with Crippen molar-refractivity contribution in [2.24, 2.45) is 5.92 Å². The van der Waals surface area contributed by atoms with E-state index in [0.717, 1.165) is 38.3 Å². The molecule has 4 heteroatoms. The van der Waals surface area contributed by atoms with E-state index < -0.39 is 0 Å². The molecule has 0 aliphatic rings. The largest absolute Gasteiger partial charge is 0.316 e. The Balaban J connectivity index is 2.11. The Labute approximate surface area is 115 Å². The minimum absolute atomic E-state index is 0.733. The highest BCUT2D eigenvalue weighted by atomic mass is 32.1. The van der Waals surface area contributed by atoms with Gasteiger partial charge in [0.05, 0.1) is 0 Å². The monoisotopic (exact) mass is 269 g/mol. The molecule has 1 N–H and O–H groups in total. The first-order valence-electron chi connectivity index (χ1n) is 7.24. The molecule has 0 aliphatic heterocycles. The number of aryl methyl sites for hydroxylation is 2. The van der Waals surface area contributed by atoms with E-state index in [1.54, 1.807) is 11.3 Å². The zero-order chi connectivity index (χ0) is 13.2. The van der Waals surface area contributed by atoms with Crippen molar-refractivity contribution in [2.45, 2.75) is 59.3 Å². The average molecular weight is 269 g/mol. The van der Waals surface area contributed by atoms with Gasteiger partial charge in [-0.05, 0) is 31.8 Å². The molecule has 0 fully saturated rings. The normalized spacial score (nSPS) is 11.3. The summed E-state index contributed by atoms with van der Waals surface area (Å²) in [7, 11) is 0. The van der Waals surface area contributed by atoms with Crippen LogP contribution in [0.2, 0.25) is 0 Å². The molecule has 0 amide bonds. The zero-order valence-electron chi connectivity index (χ0n) is 12.0. The minimum Gasteiger partial charge on any atom is -0.316 e. The first kappa shape index (κ1) is 15.6. The fourth-order valence-electron chi connectivity index (χ4n) is 1.77. The summed E-state index contributed by atoms with van der Waals surface area (Å²) in [5.74, 6) is 0.733. The van der Waals surface area contributed by atoms with Gasteiger partial charge in [0.2, 0.25) is 0 Å². The molecular formula is C14H27N3S. The molecule has 0 saturated carbocycles. The maximum atomic E-state index is 4.27. The van der Waals surface area contributed by atoms with Gasteiger partial charge in [0, 0.05) is 12.8 Å². The molecule has 0 atom stereocenters. The summed E-state index contributed by atoms with van der Waals surface area (Å²) >= 11 is 1.80. The van der Waals surface area contributed by atoms with Gasteiger partial charge in [0.1, 0.15) is 10.0 Å². The number of aromatic nitrogens is 2. The first-order valence-corrected chi connectivity index (χ1v) is 8.06. The summed E-state index contributed by atoms with van der Waals surface area (Å²) in [5.41, 5.74) is 0. The Bertz CT molecular complexity index is 310. The molecule has 1 heterocycles. The first-order chi connectivity index (χ1) is 8.72. The smallest absolute Gasteiger partial charge is 0.117 e. The van der Waals surface area contributed by atoms with E-state index >= 15 is 0 Å². The van der Waals surface area contributed by atoms with Crippen LogP contribution < -0.4 is 5.32 Å². The third-order valence-corrected chi connectivity index (χ3v) is 3.84. The highest BCUT2D eigenvalue weighted by Gasteiger charge is 2.03. The van der Waals surface area contributed by atoms with Gasteiger partial charge in [-0.25, -0.2) is 0 Å². The van der Waals surface area contributed by atoms with Crippen LogP contribution in [0.4, 0.5) is 0 Å². The predicted octanol–water partition coefficient (Wildman–Crippen LogP) is 3.45. The van der Waals surface area contributed by atoms with Gasteiger partial charge in [-0.3, -0.25) is 0 Å². The van der Waals surface area contributed by atoms with Crippen molar-refractivity contribution in [3.63, 3.8) is 0 Å². The Morgan fingerprint density at radius 1 is 1.06 bits per heavy atom. The van der Waals surface area contributed by atoms with Crippen LogP contribution in [0.15, 0.2) is 0 Å². The van der Waals surface area contributed by atoms with Gasteiger partial charge in [0.25, 0.3) is 0 Å². The minimum atomic E-state index is 0.733. The lowest BCUT2D eigenvalue weighted by atomic mass is 10.2. The molecular weight excluding hydrogens is 242 g/mol. The van der Waals surface area contributed by atoms with Gasteiger partial charge >= 0.3 is 0 Å². The molecule has 0 saturated heterocycles. The van der Waals surface area contributed by atoms with Crippen LogP contribution in [0.5, 0.6) is 0 Å². The fraction of sp³-hybridized carbons (Fsp3) is 0.857. The van der Waals surface area contributed by atoms with E-state index in [-0.39, 0.29) is 0 Å². The van der Waals surface area contributed by atoms with Gasteiger partial charge in [-0.1, -0.05) is 33.6 Å². The van der Waals surface area contributed by atoms with Crippen molar-refractivity contribution < 1.29 is 0 Å². The number of nitrogens with one attached hydrogen (secondary N) is 1. The van der Waals surface area contributed by atoms with Crippen LogP contribution in [0.25, 0.3) is 0 Å². The summed E-state index contributed by atoms with van der Waals surface area (Å²) in [5, 5.41) is 14.4. The van der Waals surface area contributed by atoms with E-state index in [0.29, 0.717) is 0 Å². The Morgan fingerprint density at radius 2 is 1.72 bits per heavy atom. The average Bonchev–Trinajstić information content (AvgIpc) is 2.77. The quantitative estimate of drug-likeness (QED) is 0.661. The van der Waals surface area contributed by atoms with Crippen LogP contribution in [0, 0.1) is 5.92 Å². The van der Waals surface area contributed by atoms with Crippen molar-refractivity contribution in [1.29, 1.82) is 0 Å².